The van der Waals surface area contributed by atoms with Crippen LogP contribution in [-0.4, -0.2) is 91.4 Å². The lowest BCUT2D eigenvalue weighted by Crippen LogP contribution is -2.59. The maximum absolute atomic E-state index is 15.1. The predicted octanol–water partition coefficient (Wildman–Crippen LogP) is 5.88. The fourth-order valence-electron chi connectivity index (χ4n) is 9.39. The van der Waals surface area contributed by atoms with E-state index in [2.05, 4.69) is 21.9 Å². The summed E-state index contributed by atoms with van der Waals surface area (Å²) in [6.07, 6.45) is 7.48. The number of alkyl carbamates (subject to hydrolysis) is 1. The normalized spacial score (nSPS) is 26.6. The molecule has 4 amide bonds. The van der Waals surface area contributed by atoms with Crippen molar-refractivity contribution < 1.29 is 46.5 Å². The van der Waals surface area contributed by atoms with Gasteiger partial charge in [0, 0.05) is 29.9 Å². The highest BCUT2D eigenvalue weighted by Gasteiger charge is 2.62. The molecule has 3 aromatic rings. The van der Waals surface area contributed by atoms with E-state index < -0.39 is 74.1 Å². The molecule has 5 atom stereocenters. The first-order valence-electron chi connectivity index (χ1n) is 22.3. The Morgan fingerprint density at radius 3 is 2.51 bits per heavy atom. The highest BCUT2D eigenvalue weighted by molar-refractivity contribution is 7.91. The number of aryl methyl sites for hydroxylation is 1. The quantitative estimate of drug-likeness (QED) is 0.195. The molecule has 1 aromatic heterocycles. The Hall–Kier alpha value is -5.38. The van der Waals surface area contributed by atoms with Crippen LogP contribution in [0.15, 0.2) is 61.2 Å². The fraction of sp³-hybridized carbons (Fsp3) is 0.553. The van der Waals surface area contributed by atoms with Gasteiger partial charge in [-0.2, -0.15) is 0 Å². The number of sulfonamides is 1. The van der Waals surface area contributed by atoms with Crippen LogP contribution in [0.5, 0.6) is 17.4 Å². The number of carbonyl (C=O) groups excluding carboxylic acids is 4. The third-order valence-electron chi connectivity index (χ3n) is 13.3. The smallest absolute Gasteiger partial charge is 0.407 e. The topological polar surface area (TPSA) is 192 Å². The van der Waals surface area contributed by atoms with Gasteiger partial charge in [0.25, 0.3) is 5.91 Å². The van der Waals surface area contributed by atoms with E-state index >= 15 is 4.79 Å². The van der Waals surface area contributed by atoms with E-state index in [9.17, 15) is 22.8 Å². The summed E-state index contributed by atoms with van der Waals surface area (Å²) in [5.74, 6) is -1.29. The lowest BCUT2D eigenvalue weighted by molar-refractivity contribution is -0.142. The predicted molar refractivity (Wildman–Crippen MR) is 234 cm³/mol. The monoisotopic (exact) mass is 885 g/mol. The molecule has 4 fully saturated rings. The highest BCUT2D eigenvalue weighted by atomic mass is 32.2. The summed E-state index contributed by atoms with van der Waals surface area (Å²) < 4.78 is 52.8. The van der Waals surface area contributed by atoms with Gasteiger partial charge in [0.15, 0.2) is 0 Å². The lowest BCUT2D eigenvalue weighted by Gasteiger charge is -2.35. The first-order chi connectivity index (χ1) is 30.2. The summed E-state index contributed by atoms with van der Waals surface area (Å²) in [5.41, 5.74) is 0.475. The van der Waals surface area contributed by atoms with Crippen LogP contribution >= 0.6 is 0 Å². The number of hydrogen-bond acceptors (Lipinski definition) is 11. The van der Waals surface area contributed by atoms with Crippen LogP contribution < -0.4 is 29.6 Å². The molecule has 4 bridgehead atoms. The number of benzene rings is 2. The molecule has 2 aliphatic heterocycles. The number of nitrogens with zero attached hydrogens (tertiary/aromatic N) is 2. The summed E-state index contributed by atoms with van der Waals surface area (Å²) in [6.45, 7) is 8.24. The third-order valence-corrected chi connectivity index (χ3v) is 15.1. The van der Waals surface area contributed by atoms with Gasteiger partial charge in [-0.15, -0.1) is 6.58 Å². The summed E-state index contributed by atoms with van der Waals surface area (Å²) in [7, 11) is -2.31. The second-order valence-corrected chi connectivity index (χ2v) is 20.7. The molecule has 63 heavy (non-hydrogen) atoms. The molecule has 8 rings (SSSR count). The zero-order valence-corrected chi connectivity index (χ0v) is 37.2. The maximum Gasteiger partial charge on any atom is 0.407 e. The molecule has 3 heterocycles. The van der Waals surface area contributed by atoms with E-state index in [1.54, 1.807) is 13.2 Å². The van der Waals surface area contributed by atoms with Gasteiger partial charge in [-0.05, 0) is 79.9 Å². The number of amides is 4. The number of rotatable bonds is 11. The Labute approximate surface area is 369 Å². The van der Waals surface area contributed by atoms with Crippen molar-refractivity contribution in [3.63, 3.8) is 0 Å². The Bertz CT molecular complexity index is 2350. The number of ether oxygens (including phenoxy) is 4. The minimum absolute atomic E-state index is 0.0253. The number of aromatic nitrogens is 1. The van der Waals surface area contributed by atoms with Gasteiger partial charge in [-0.3, -0.25) is 19.1 Å². The molecule has 16 heteroatoms. The van der Waals surface area contributed by atoms with E-state index in [0.717, 1.165) is 43.2 Å². The Morgan fingerprint density at radius 2 is 1.81 bits per heavy atom. The first kappa shape index (κ1) is 44.2. The second kappa shape index (κ2) is 18.0. The summed E-state index contributed by atoms with van der Waals surface area (Å²) in [5, 5.41) is 5.83. The molecular weight excluding hydrogens is 827 g/mol. The first-order valence-corrected chi connectivity index (χ1v) is 23.8. The number of methoxy groups -OCH3 is 1. The Morgan fingerprint density at radius 1 is 1.05 bits per heavy atom. The largest absolute Gasteiger partial charge is 0.496 e. The van der Waals surface area contributed by atoms with E-state index in [-0.39, 0.29) is 38.5 Å². The van der Waals surface area contributed by atoms with Crippen LogP contribution in [-0.2, 0) is 42.2 Å². The average Bonchev–Trinajstić information content (AvgIpc) is 4.21. The van der Waals surface area contributed by atoms with E-state index in [1.165, 1.54) is 11.0 Å². The van der Waals surface area contributed by atoms with Crippen molar-refractivity contribution in [2.45, 2.75) is 126 Å². The van der Waals surface area contributed by atoms with Crippen molar-refractivity contribution >= 4 is 44.7 Å². The minimum atomic E-state index is -3.93. The van der Waals surface area contributed by atoms with Crippen molar-refractivity contribution in [3.05, 3.63) is 72.3 Å². The van der Waals surface area contributed by atoms with Crippen molar-refractivity contribution in [2.24, 2.45) is 17.3 Å². The van der Waals surface area contributed by atoms with Gasteiger partial charge in [0.2, 0.25) is 27.7 Å². The molecule has 3 saturated carbocycles. The summed E-state index contributed by atoms with van der Waals surface area (Å²) in [4.78, 5) is 63.4. The molecule has 338 valence electrons. The fourth-order valence-corrected chi connectivity index (χ4v) is 10.8. The molecule has 15 nitrogen and oxygen atoms in total. The summed E-state index contributed by atoms with van der Waals surface area (Å²) in [6, 6.07) is 13.1. The molecule has 2 aromatic carbocycles. The number of cyclic esters (lactones) is 1. The zero-order valence-electron chi connectivity index (χ0n) is 36.4. The standard InChI is InChI=1S/C47H59N5O10S/c1-5-32-25-47(32,44(55)51-63(57,58)34-18-19-34)50-42(53)37-22-33-26-52(37)43(54)41(30-15-10-7-11-16-30)49-45(56)61-28-46(2,3)20-12-17-31-21-35-36(23-38(31)59-4)48-40(24-39(35)62-33)60-27-29-13-8-6-9-14-29/h5-6,8-9,13-14,21,23-24,30,32-34,37,41H,1,7,10-12,15-20,22,25-28H2,2-4H3,(H,49,56)(H,50,53)(H,51,55)/t32-,33-,37+,41+,47-/m1/s1. The van der Waals surface area contributed by atoms with Crippen molar-refractivity contribution in [3.8, 4) is 17.4 Å². The molecule has 3 N–H and O–H groups in total. The minimum Gasteiger partial charge on any atom is -0.496 e. The van der Waals surface area contributed by atoms with Crippen LogP contribution in [0.25, 0.3) is 10.9 Å². The maximum atomic E-state index is 15.1. The van der Waals surface area contributed by atoms with Crippen LogP contribution in [0, 0.1) is 17.3 Å². The van der Waals surface area contributed by atoms with Gasteiger partial charge in [-0.1, -0.05) is 69.5 Å². The van der Waals surface area contributed by atoms with Gasteiger partial charge in [0.05, 0.1) is 31.0 Å². The number of nitrogens with one attached hydrogen (secondary N) is 3. The van der Waals surface area contributed by atoms with Gasteiger partial charge in [0.1, 0.15) is 41.8 Å². The highest BCUT2D eigenvalue weighted by Crippen LogP contribution is 2.46. The van der Waals surface area contributed by atoms with Crippen LogP contribution in [0.4, 0.5) is 4.79 Å². The van der Waals surface area contributed by atoms with Gasteiger partial charge >= 0.3 is 6.09 Å². The zero-order chi connectivity index (χ0) is 44.5. The molecule has 0 radical (unpaired) electrons. The van der Waals surface area contributed by atoms with Crippen LogP contribution in [0.1, 0.15) is 95.6 Å². The van der Waals surface area contributed by atoms with Crippen molar-refractivity contribution in [2.75, 3.05) is 20.3 Å². The molecule has 0 unspecified atom stereocenters. The Kier molecular flexibility index (Phi) is 12.6. The van der Waals surface area contributed by atoms with Crippen molar-refractivity contribution in [1.82, 2.24) is 25.2 Å². The SMILES string of the molecule is C=C[C@@H]1C[C@]1(NC(=O)[C@@H]1C[C@@H]2CN1C(=O)[C@H](C1CCCCC1)NC(=O)OCC(C)(C)CCCc1cc3c(cc(OCc4ccccc4)nc3cc1OC)O2)C(=O)NS(=O)(=O)C1CC1. The van der Waals surface area contributed by atoms with Crippen LogP contribution in [0.2, 0.25) is 0 Å². The van der Waals surface area contributed by atoms with E-state index in [1.807, 2.05) is 56.3 Å². The Balaban J connectivity index is 1.17. The molecule has 3 aliphatic carbocycles. The van der Waals surface area contributed by atoms with Gasteiger partial charge < -0.3 is 34.5 Å². The molecular formula is C47H59N5O10S. The van der Waals surface area contributed by atoms with Gasteiger partial charge in [-0.25, -0.2) is 18.2 Å². The number of pyridine rings is 1. The number of hydrogen-bond donors (Lipinski definition) is 3. The number of fused-ring (bicyclic) bond motifs is 3. The molecule has 0 spiro atoms. The number of carbonyl (C=O) groups is 4. The molecule has 5 aliphatic rings. The van der Waals surface area contributed by atoms with Crippen molar-refractivity contribution in [1.29, 1.82) is 0 Å². The molecule has 1 saturated heterocycles. The van der Waals surface area contributed by atoms with Crippen LogP contribution in [0.3, 0.4) is 0 Å². The second-order valence-electron chi connectivity index (χ2n) is 18.7. The average molecular weight is 886 g/mol. The summed E-state index contributed by atoms with van der Waals surface area (Å²) >= 11 is 0. The van der Waals surface area contributed by atoms with E-state index in [0.29, 0.717) is 60.4 Å². The lowest BCUT2D eigenvalue weighted by atomic mass is 9.83. The van der Waals surface area contributed by atoms with E-state index in [4.69, 9.17) is 23.9 Å². The third kappa shape index (κ3) is 9.90.